The maximum Gasteiger partial charge on any atom is 0.170 e. The van der Waals surface area contributed by atoms with Crippen molar-refractivity contribution in [3.63, 3.8) is 0 Å². The van der Waals surface area contributed by atoms with E-state index in [9.17, 15) is 0 Å². The molecule has 3 aromatic heterocycles. The molecule has 6 aromatic rings. The smallest absolute Gasteiger partial charge is 0.170 e. The fourth-order valence-corrected chi connectivity index (χ4v) is 4.38. The topological polar surface area (TPSA) is 39.2 Å². The first kappa shape index (κ1) is 17.8. The Morgan fingerprint density at radius 1 is 0.781 bits per heavy atom. The summed E-state index contributed by atoms with van der Waals surface area (Å²) in [7, 11) is 0. The van der Waals surface area contributed by atoms with Crippen LogP contribution in [0, 0.1) is 0 Å². The molecule has 156 valence electrons. The van der Waals surface area contributed by atoms with Crippen molar-refractivity contribution in [3.8, 4) is 22.8 Å². The SMILES string of the molecule is [2H]c1c(-c2cc3ccccc3o2)oc2c(-c3cc(C(C)(C)C)c4ccccc4c3)nccc12. The van der Waals surface area contributed by atoms with E-state index >= 15 is 0 Å². The van der Waals surface area contributed by atoms with Gasteiger partial charge in [-0.05, 0) is 58.1 Å². The van der Waals surface area contributed by atoms with Crippen molar-refractivity contribution >= 4 is 32.7 Å². The van der Waals surface area contributed by atoms with Crippen LogP contribution in [0.1, 0.15) is 27.7 Å². The summed E-state index contributed by atoms with van der Waals surface area (Å²) in [5.74, 6) is 0.976. The van der Waals surface area contributed by atoms with Gasteiger partial charge in [0.25, 0.3) is 0 Å². The second kappa shape index (κ2) is 6.83. The summed E-state index contributed by atoms with van der Waals surface area (Å²) in [5.41, 5.74) is 4.31. The number of aromatic nitrogens is 1. The van der Waals surface area contributed by atoms with Crippen LogP contribution in [0.25, 0.3) is 55.5 Å². The number of hydrogen-bond donors (Lipinski definition) is 0. The minimum Gasteiger partial charge on any atom is -0.453 e. The van der Waals surface area contributed by atoms with Crippen LogP contribution in [-0.4, -0.2) is 4.98 Å². The highest BCUT2D eigenvalue weighted by atomic mass is 16.4. The molecule has 0 amide bonds. The summed E-state index contributed by atoms with van der Waals surface area (Å²) in [6, 6.07) is 24.7. The summed E-state index contributed by atoms with van der Waals surface area (Å²) in [6.07, 6.45) is 1.75. The molecular formula is C29H23NO2. The average Bonchev–Trinajstić information content (AvgIpc) is 3.38. The van der Waals surface area contributed by atoms with Gasteiger partial charge in [-0.2, -0.15) is 0 Å². The van der Waals surface area contributed by atoms with E-state index < -0.39 is 0 Å². The number of furan rings is 2. The summed E-state index contributed by atoms with van der Waals surface area (Å²) in [5, 5.41) is 4.11. The molecule has 0 radical (unpaired) electrons. The third-order valence-corrected chi connectivity index (χ3v) is 5.95. The minimum atomic E-state index is -0.0350. The van der Waals surface area contributed by atoms with Crippen molar-refractivity contribution in [3.05, 3.63) is 90.6 Å². The van der Waals surface area contributed by atoms with Gasteiger partial charge in [0.15, 0.2) is 17.1 Å². The van der Waals surface area contributed by atoms with E-state index in [4.69, 9.17) is 15.2 Å². The Kier molecular flexibility index (Phi) is 3.80. The molecule has 0 unspecified atom stereocenters. The predicted molar refractivity (Wildman–Crippen MR) is 131 cm³/mol. The standard InChI is InChI=1S/C29H23NO2/c1-29(2,3)23-15-21(14-18-8-4-6-10-22(18)23)27-28-20(12-13-30-27)17-26(32-28)25-16-19-9-5-7-11-24(19)31-25/h4-17H,1-3H3/i17D. The Morgan fingerprint density at radius 2 is 1.56 bits per heavy atom. The molecule has 3 aromatic carbocycles. The Hall–Kier alpha value is -3.85. The quantitative estimate of drug-likeness (QED) is 0.283. The lowest BCUT2D eigenvalue weighted by Crippen LogP contribution is -2.12. The zero-order valence-corrected chi connectivity index (χ0v) is 18.3. The van der Waals surface area contributed by atoms with Crippen LogP contribution in [-0.2, 0) is 5.41 Å². The molecule has 0 N–H and O–H groups in total. The molecule has 0 fully saturated rings. The van der Waals surface area contributed by atoms with E-state index in [1.54, 1.807) is 6.20 Å². The second-order valence-electron chi connectivity index (χ2n) is 9.24. The molecule has 0 aliphatic carbocycles. The van der Waals surface area contributed by atoms with Crippen LogP contribution < -0.4 is 0 Å². The molecule has 3 heteroatoms. The van der Waals surface area contributed by atoms with Crippen LogP contribution in [0.15, 0.2) is 93.9 Å². The Labute approximate surface area is 187 Å². The second-order valence-corrected chi connectivity index (χ2v) is 9.24. The lowest BCUT2D eigenvalue weighted by molar-refractivity contribution is 0.569. The van der Waals surface area contributed by atoms with E-state index in [0.29, 0.717) is 23.1 Å². The third-order valence-electron chi connectivity index (χ3n) is 5.95. The molecule has 32 heavy (non-hydrogen) atoms. The normalized spacial score (nSPS) is 12.7. The summed E-state index contributed by atoms with van der Waals surface area (Å²) in [4.78, 5) is 4.69. The average molecular weight is 419 g/mol. The monoisotopic (exact) mass is 418 g/mol. The zero-order valence-electron chi connectivity index (χ0n) is 19.3. The van der Waals surface area contributed by atoms with E-state index in [0.717, 1.165) is 33.0 Å². The predicted octanol–water partition coefficient (Wildman–Crippen LogP) is 8.36. The molecule has 0 saturated carbocycles. The van der Waals surface area contributed by atoms with E-state index in [2.05, 4.69) is 57.2 Å². The van der Waals surface area contributed by atoms with Gasteiger partial charge in [0.2, 0.25) is 0 Å². The highest BCUT2D eigenvalue weighted by molar-refractivity contribution is 5.97. The minimum absolute atomic E-state index is 0.0350. The molecule has 3 nitrogen and oxygen atoms in total. The fraction of sp³-hybridized carbons (Fsp3) is 0.138. The van der Waals surface area contributed by atoms with Crippen LogP contribution in [0.2, 0.25) is 0 Å². The summed E-state index contributed by atoms with van der Waals surface area (Å²) >= 11 is 0. The lowest BCUT2D eigenvalue weighted by Gasteiger charge is -2.22. The largest absolute Gasteiger partial charge is 0.453 e. The number of benzene rings is 3. The molecule has 0 bridgehead atoms. The van der Waals surface area contributed by atoms with Gasteiger partial charge >= 0.3 is 0 Å². The number of fused-ring (bicyclic) bond motifs is 3. The molecule has 0 saturated heterocycles. The Morgan fingerprint density at radius 3 is 2.38 bits per heavy atom. The highest BCUT2D eigenvalue weighted by Crippen LogP contribution is 2.39. The van der Waals surface area contributed by atoms with Crippen LogP contribution in [0.3, 0.4) is 0 Å². The number of pyridine rings is 1. The van der Waals surface area contributed by atoms with E-state index in [1.807, 2.05) is 36.4 Å². The van der Waals surface area contributed by atoms with Gasteiger partial charge in [-0.25, -0.2) is 0 Å². The lowest BCUT2D eigenvalue weighted by atomic mass is 9.82. The zero-order chi connectivity index (χ0) is 22.7. The molecule has 0 atom stereocenters. The van der Waals surface area contributed by atoms with Gasteiger partial charge in [-0.1, -0.05) is 63.2 Å². The van der Waals surface area contributed by atoms with Crippen molar-refractivity contribution < 1.29 is 10.2 Å². The van der Waals surface area contributed by atoms with Gasteiger partial charge in [-0.3, -0.25) is 4.98 Å². The first-order chi connectivity index (χ1) is 15.9. The van der Waals surface area contributed by atoms with Gasteiger partial charge in [-0.15, -0.1) is 0 Å². The molecule has 3 heterocycles. The summed E-state index contributed by atoms with van der Waals surface area (Å²) in [6.45, 7) is 6.67. The van der Waals surface area contributed by atoms with E-state index in [-0.39, 0.29) is 5.41 Å². The van der Waals surface area contributed by atoms with Crippen LogP contribution in [0.4, 0.5) is 0 Å². The Bertz CT molecular complexity index is 1630. The first-order valence-corrected chi connectivity index (χ1v) is 10.8. The maximum absolute atomic E-state index is 8.78. The number of rotatable bonds is 2. The number of nitrogens with zero attached hydrogens (tertiary/aromatic N) is 1. The number of para-hydroxylation sites is 1. The van der Waals surface area contributed by atoms with Crippen LogP contribution in [0.5, 0.6) is 0 Å². The van der Waals surface area contributed by atoms with Crippen molar-refractivity contribution in [2.45, 2.75) is 26.2 Å². The van der Waals surface area contributed by atoms with Crippen molar-refractivity contribution in [2.24, 2.45) is 0 Å². The third kappa shape index (κ3) is 3.01. The fourth-order valence-electron chi connectivity index (χ4n) is 4.38. The molecule has 0 spiro atoms. The van der Waals surface area contributed by atoms with Gasteiger partial charge < -0.3 is 8.83 Å². The Balaban J connectivity index is 1.60. The maximum atomic E-state index is 8.78. The van der Waals surface area contributed by atoms with Gasteiger partial charge in [0, 0.05) is 22.5 Å². The highest BCUT2D eigenvalue weighted by Gasteiger charge is 2.21. The first-order valence-electron chi connectivity index (χ1n) is 11.3. The molecule has 0 aliphatic heterocycles. The van der Waals surface area contributed by atoms with E-state index in [1.165, 1.54) is 10.9 Å². The van der Waals surface area contributed by atoms with Crippen molar-refractivity contribution in [2.75, 3.05) is 0 Å². The molecule has 0 aliphatic rings. The van der Waals surface area contributed by atoms with Crippen molar-refractivity contribution in [1.29, 1.82) is 0 Å². The van der Waals surface area contributed by atoms with Gasteiger partial charge in [0.1, 0.15) is 11.3 Å². The number of hydrogen-bond acceptors (Lipinski definition) is 3. The molecule has 6 rings (SSSR count). The van der Waals surface area contributed by atoms with Gasteiger partial charge in [0.05, 0.1) is 1.37 Å². The summed E-state index contributed by atoms with van der Waals surface area (Å²) < 4.78 is 21.1. The van der Waals surface area contributed by atoms with Crippen LogP contribution >= 0.6 is 0 Å². The molecular weight excluding hydrogens is 394 g/mol. The van der Waals surface area contributed by atoms with Crippen molar-refractivity contribution in [1.82, 2.24) is 4.98 Å².